The molecule has 1 saturated carbocycles. The number of benzene rings is 5. The van der Waals surface area contributed by atoms with Gasteiger partial charge in [-0.05, 0) is 99.4 Å². The van der Waals surface area contributed by atoms with Crippen molar-refractivity contribution < 1.29 is 34.4 Å². The molecule has 0 spiro atoms. The molecule has 0 atom stereocenters. The number of nitrogens with zero attached hydrogens (tertiary/aromatic N) is 2. The minimum atomic E-state index is -2.35. The van der Waals surface area contributed by atoms with E-state index in [2.05, 4.69) is 106 Å². The first-order chi connectivity index (χ1) is 27.9. The van der Waals surface area contributed by atoms with Crippen molar-refractivity contribution in [1.29, 1.82) is 0 Å². The molecule has 3 heterocycles. The molecule has 0 unspecified atom stereocenters. The van der Waals surface area contributed by atoms with Gasteiger partial charge in [-0.2, -0.15) is 0 Å². The molecule has 8 aromatic rings. The Morgan fingerprint density at radius 2 is 1.50 bits per heavy atom. The third kappa shape index (κ3) is 6.19. The Labute approximate surface area is 348 Å². The van der Waals surface area contributed by atoms with Crippen molar-refractivity contribution in [2.75, 3.05) is 0 Å². The summed E-state index contributed by atoms with van der Waals surface area (Å²) in [7, 11) is 0. The number of furan rings is 1. The SMILES string of the molecule is CC1(C)c2cc(F)c[c-]c2-c2ncccc2C1(C)C.[2H]C([2H])([2H])c1cnc(-c2[c-]ccc3c2oc2c3ccc3ccc4ccccc4c32)cc1C1([2H])CCC(C)(C)CC1.[Ir]. The van der Waals surface area contributed by atoms with E-state index in [0.29, 0.717) is 35.2 Å². The molecule has 285 valence electrons. The molecule has 0 aliphatic heterocycles. The van der Waals surface area contributed by atoms with Crippen molar-refractivity contribution in [3.63, 3.8) is 0 Å². The second kappa shape index (κ2) is 14.0. The summed E-state index contributed by atoms with van der Waals surface area (Å²) in [5.41, 5.74) is 7.40. The predicted octanol–water partition coefficient (Wildman–Crippen LogP) is 14.0. The molecular formula is C51H47FIrN2O-2. The van der Waals surface area contributed by atoms with E-state index < -0.39 is 12.7 Å². The van der Waals surface area contributed by atoms with Crippen LogP contribution in [0.3, 0.4) is 0 Å². The van der Waals surface area contributed by atoms with Crippen LogP contribution in [0.5, 0.6) is 0 Å². The maximum atomic E-state index is 13.6. The van der Waals surface area contributed by atoms with Gasteiger partial charge in [-0.25, -0.2) is 0 Å². The first kappa shape index (κ1) is 33.4. The van der Waals surface area contributed by atoms with Crippen molar-refractivity contribution in [2.45, 2.75) is 90.8 Å². The van der Waals surface area contributed by atoms with Crippen LogP contribution in [0, 0.1) is 30.2 Å². The first-order valence-electron chi connectivity index (χ1n) is 21.3. The Bertz CT molecular complexity index is 2960. The molecule has 1 radical (unpaired) electrons. The Balaban J connectivity index is 0.000000209. The quantitative estimate of drug-likeness (QED) is 0.128. The van der Waals surface area contributed by atoms with E-state index in [1.54, 1.807) is 12.3 Å². The van der Waals surface area contributed by atoms with Gasteiger partial charge in [-0.3, -0.25) is 4.39 Å². The van der Waals surface area contributed by atoms with Crippen LogP contribution < -0.4 is 0 Å². The largest absolute Gasteiger partial charge is 0.500 e. The molecule has 1 fully saturated rings. The molecule has 2 aliphatic carbocycles. The molecule has 0 N–H and O–H groups in total. The van der Waals surface area contributed by atoms with Crippen molar-refractivity contribution >= 4 is 43.5 Å². The molecule has 3 aromatic heterocycles. The summed E-state index contributed by atoms with van der Waals surface area (Å²) in [6.07, 6.45) is 6.22. The fourth-order valence-corrected chi connectivity index (χ4v) is 8.80. The van der Waals surface area contributed by atoms with Gasteiger partial charge < -0.3 is 14.4 Å². The Morgan fingerprint density at radius 1 is 0.768 bits per heavy atom. The van der Waals surface area contributed by atoms with Gasteiger partial charge in [0.25, 0.3) is 0 Å². The standard InChI is InChI=1S/C34H30NO.C17H17FN.Ir/c1-21-20-35-30(19-29(21)23-15-17-34(2,3)18-16-23)28-10-6-9-26-27-14-13-24-12-11-22-7-4-5-8-25(22)31(24)33(27)36-32(26)28;1-16(2)13-6-5-9-19-15(13)12-8-7-11(18)10-14(12)17(16,3)4;/h4-9,11-14,19-20,23H,15-18H2,1-3H3;5-7,9-10H,1-4H3;/q2*-1;/i1D3,23D;;. The average molecular weight is 919 g/mol. The Morgan fingerprint density at radius 3 is 2.30 bits per heavy atom. The van der Waals surface area contributed by atoms with E-state index in [-0.39, 0.29) is 47.7 Å². The summed E-state index contributed by atoms with van der Waals surface area (Å²) in [6, 6.07) is 36.0. The average Bonchev–Trinajstić information content (AvgIpc) is 3.60. The second-order valence-corrected chi connectivity index (χ2v) is 17.2. The summed E-state index contributed by atoms with van der Waals surface area (Å²) in [6.45, 7) is 10.8. The summed E-state index contributed by atoms with van der Waals surface area (Å²) in [4.78, 5) is 9.13. The fourth-order valence-electron chi connectivity index (χ4n) is 8.80. The summed E-state index contributed by atoms with van der Waals surface area (Å²) >= 11 is 0. The third-order valence-electron chi connectivity index (χ3n) is 12.9. The van der Waals surface area contributed by atoms with E-state index in [1.165, 1.54) is 17.8 Å². The van der Waals surface area contributed by atoms with Crippen LogP contribution in [0.25, 0.3) is 66.0 Å². The fraction of sp³-hybridized carbons (Fsp3) is 0.294. The number of halogens is 1. The van der Waals surface area contributed by atoms with E-state index in [1.807, 2.05) is 36.4 Å². The Kier molecular flexibility index (Phi) is 8.39. The van der Waals surface area contributed by atoms with Crippen molar-refractivity contribution in [2.24, 2.45) is 5.41 Å². The normalized spacial score (nSPS) is 18.7. The monoisotopic (exact) mass is 919 g/mol. The molecule has 0 bridgehead atoms. The van der Waals surface area contributed by atoms with Crippen LogP contribution in [-0.2, 0) is 30.9 Å². The van der Waals surface area contributed by atoms with E-state index in [9.17, 15) is 5.76 Å². The molecule has 2 aliphatic rings. The molecular weight excluding hydrogens is 868 g/mol. The van der Waals surface area contributed by atoms with Gasteiger partial charge in [0, 0.05) is 54.6 Å². The van der Waals surface area contributed by atoms with E-state index >= 15 is 0 Å². The van der Waals surface area contributed by atoms with Gasteiger partial charge in [0.2, 0.25) is 0 Å². The zero-order valence-corrected chi connectivity index (χ0v) is 35.1. The number of aryl methyl sites for hydroxylation is 1. The van der Waals surface area contributed by atoms with Gasteiger partial charge in [0.15, 0.2) is 0 Å². The van der Waals surface area contributed by atoms with E-state index in [4.69, 9.17) is 8.53 Å². The van der Waals surface area contributed by atoms with Gasteiger partial charge in [-0.1, -0.05) is 119 Å². The van der Waals surface area contributed by atoms with E-state index in [0.717, 1.165) is 67.6 Å². The van der Waals surface area contributed by atoms with Gasteiger partial charge in [-0.15, -0.1) is 47.5 Å². The summed E-state index contributed by atoms with van der Waals surface area (Å²) in [5.74, 6) is -1.21. The van der Waals surface area contributed by atoms with Crippen molar-refractivity contribution in [1.82, 2.24) is 9.97 Å². The number of pyridine rings is 2. The number of rotatable bonds is 2. The topological polar surface area (TPSA) is 38.9 Å². The zero-order chi connectivity index (χ0) is 41.7. The van der Waals surface area contributed by atoms with Crippen molar-refractivity contribution in [3.8, 4) is 22.5 Å². The smallest absolute Gasteiger partial charge is 0.129 e. The predicted molar refractivity (Wildman–Crippen MR) is 225 cm³/mol. The van der Waals surface area contributed by atoms with Crippen LogP contribution >= 0.6 is 0 Å². The van der Waals surface area contributed by atoms with Gasteiger partial charge in [0.05, 0.1) is 5.58 Å². The molecule has 0 saturated heterocycles. The molecule has 56 heavy (non-hydrogen) atoms. The molecule has 5 aromatic carbocycles. The van der Waals surface area contributed by atoms with Crippen LogP contribution in [0.15, 0.2) is 108 Å². The number of hydrogen-bond acceptors (Lipinski definition) is 3. The maximum absolute atomic E-state index is 13.6. The maximum Gasteiger partial charge on any atom is 0.129 e. The second-order valence-electron chi connectivity index (χ2n) is 17.2. The van der Waals surface area contributed by atoms with Crippen LogP contribution in [0.4, 0.5) is 4.39 Å². The number of fused-ring (bicyclic) bond motifs is 10. The van der Waals surface area contributed by atoms with Crippen molar-refractivity contribution in [3.05, 3.63) is 144 Å². The minimum absolute atomic E-state index is 0. The third-order valence-corrected chi connectivity index (χ3v) is 12.9. The summed E-state index contributed by atoms with van der Waals surface area (Å²) in [5, 5.41) is 6.43. The number of hydrogen-bond donors (Lipinski definition) is 0. The van der Waals surface area contributed by atoms with Crippen LogP contribution in [0.1, 0.15) is 101 Å². The molecule has 0 amide bonds. The number of aromatic nitrogens is 2. The zero-order valence-electron chi connectivity index (χ0n) is 36.7. The minimum Gasteiger partial charge on any atom is -0.500 e. The Hall–Kier alpha value is -4.70. The summed E-state index contributed by atoms with van der Waals surface area (Å²) < 4.78 is 54.3. The van der Waals surface area contributed by atoms with Gasteiger partial charge >= 0.3 is 0 Å². The first-order valence-corrected chi connectivity index (χ1v) is 19.3. The molecule has 5 heteroatoms. The van der Waals surface area contributed by atoms with Crippen LogP contribution in [0.2, 0.25) is 0 Å². The molecule has 10 rings (SSSR count). The molecule has 3 nitrogen and oxygen atoms in total. The van der Waals surface area contributed by atoms with Crippen LogP contribution in [-0.4, -0.2) is 9.97 Å². The van der Waals surface area contributed by atoms with Gasteiger partial charge in [0.1, 0.15) is 5.58 Å².